The molecule has 0 unspecified atom stereocenters. The number of benzene rings is 1. The van der Waals surface area contributed by atoms with Gasteiger partial charge in [0, 0.05) is 36.5 Å². The van der Waals surface area contributed by atoms with E-state index in [-0.39, 0.29) is 29.8 Å². The van der Waals surface area contributed by atoms with Crippen molar-refractivity contribution < 1.29 is 14.6 Å². The van der Waals surface area contributed by atoms with Crippen molar-refractivity contribution in [2.24, 2.45) is 5.92 Å². The summed E-state index contributed by atoms with van der Waals surface area (Å²) < 4.78 is 9.14. The monoisotopic (exact) mass is 436 g/mol. The zero-order valence-electron chi connectivity index (χ0n) is 18.2. The van der Waals surface area contributed by atoms with Crippen LogP contribution in [0.15, 0.2) is 41.5 Å². The van der Waals surface area contributed by atoms with Gasteiger partial charge in [0.2, 0.25) is 0 Å². The summed E-state index contributed by atoms with van der Waals surface area (Å²) in [6, 6.07) is 7.49. The van der Waals surface area contributed by atoms with Crippen LogP contribution in [0.4, 0.5) is 5.69 Å². The van der Waals surface area contributed by atoms with Gasteiger partial charge in [-0.2, -0.15) is 5.10 Å². The Morgan fingerprint density at radius 2 is 1.94 bits per heavy atom. The number of aromatic nitrogens is 3. The number of carbonyl (C=O) groups excluding carboxylic acids is 1. The summed E-state index contributed by atoms with van der Waals surface area (Å²) in [6.45, 7) is 0.247. The van der Waals surface area contributed by atoms with E-state index in [0.717, 1.165) is 49.4 Å². The predicted octanol–water partition coefficient (Wildman–Crippen LogP) is 3.52. The Kier molecular flexibility index (Phi) is 5.46. The minimum atomic E-state index is -0.384. The molecule has 0 bridgehead atoms. The van der Waals surface area contributed by atoms with Gasteiger partial charge in [-0.1, -0.05) is 0 Å². The molecule has 0 spiro atoms. The molecule has 0 radical (unpaired) electrons. The maximum Gasteiger partial charge on any atom is 0.274 e. The normalized spacial score (nSPS) is 20.9. The number of methoxy groups -OCH3 is 1. The number of ether oxygens (including phenoxy) is 1. The number of hydrogen-bond donors (Lipinski definition) is 2. The molecule has 3 aromatic rings. The molecule has 8 nitrogen and oxygen atoms in total. The van der Waals surface area contributed by atoms with E-state index in [1.807, 2.05) is 10.9 Å². The van der Waals surface area contributed by atoms with Gasteiger partial charge in [-0.05, 0) is 62.6 Å². The Bertz CT molecular complexity index is 1200. The Hall–Kier alpha value is -3.13. The summed E-state index contributed by atoms with van der Waals surface area (Å²) in [5.41, 5.74) is 1.21. The van der Waals surface area contributed by atoms with Crippen molar-refractivity contribution in [2.75, 3.05) is 19.0 Å². The largest absolute Gasteiger partial charge is 0.496 e. The summed E-state index contributed by atoms with van der Waals surface area (Å²) in [5.74, 6) is 0.419. The fourth-order valence-electron chi connectivity index (χ4n) is 4.63. The first-order valence-corrected chi connectivity index (χ1v) is 11.3. The highest BCUT2D eigenvalue weighted by Crippen LogP contribution is 2.34. The second-order valence-electron chi connectivity index (χ2n) is 8.90. The van der Waals surface area contributed by atoms with E-state index < -0.39 is 0 Å². The number of nitrogens with zero attached hydrogens (tertiary/aromatic N) is 3. The summed E-state index contributed by atoms with van der Waals surface area (Å²) in [7, 11) is 1.52. The van der Waals surface area contributed by atoms with Crippen LogP contribution in [0.1, 0.15) is 61.0 Å². The van der Waals surface area contributed by atoms with Crippen molar-refractivity contribution in [2.45, 2.75) is 50.6 Å². The topological polar surface area (TPSA) is 98.4 Å². The Balaban J connectivity index is 1.41. The molecule has 5 rings (SSSR count). The lowest BCUT2D eigenvalue weighted by atomic mass is 9.87. The van der Waals surface area contributed by atoms with Crippen LogP contribution >= 0.6 is 0 Å². The lowest BCUT2D eigenvalue weighted by Gasteiger charge is -2.27. The Labute approximate surface area is 185 Å². The van der Waals surface area contributed by atoms with E-state index in [0.29, 0.717) is 23.3 Å². The van der Waals surface area contributed by atoms with Crippen LogP contribution in [0.3, 0.4) is 0 Å². The first-order chi connectivity index (χ1) is 15.6. The summed E-state index contributed by atoms with van der Waals surface area (Å²) >= 11 is 0. The van der Waals surface area contributed by atoms with Crippen LogP contribution in [0, 0.1) is 5.92 Å². The zero-order valence-corrected chi connectivity index (χ0v) is 18.2. The van der Waals surface area contributed by atoms with Crippen molar-refractivity contribution in [3.63, 3.8) is 0 Å². The van der Waals surface area contributed by atoms with E-state index in [4.69, 9.17) is 9.84 Å². The van der Waals surface area contributed by atoms with Gasteiger partial charge in [-0.3, -0.25) is 14.3 Å². The van der Waals surface area contributed by atoms with Crippen molar-refractivity contribution in [3.05, 3.63) is 52.6 Å². The standard InChI is InChI=1S/C24H28N4O4/c1-32-22-12-21-16(13-28(26-21)18-6-4-15(14-29)5-7-18)11-19(22)23(30)25-20-3-2-10-27(24(20)31)17-8-9-17/h2-3,10-13,15,17-18,29H,4-9,14H2,1H3,(H,25,30). The molecule has 0 atom stereocenters. The predicted molar refractivity (Wildman–Crippen MR) is 121 cm³/mol. The number of rotatable bonds is 6. The summed E-state index contributed by atoms with van der Waals surface area (Å²) in [5, 5.41) is 17.7. The highest BCUT2D eigenvalue weighted by Gasteiger charge is 2.26. The van der Waals surface area contributed by atoms with Crippen LogP contribution in [-0.2, 0) is 0 Å². The van der Waals surface area contributed by atoms with Gasteiger partial charge in [0.25, 0.3) is 11.5 Å². The molecule has 0 saturated heterocycles. The maximum atomic E-state index is 13.1. The number of anilines is 1. The van der Waals surface area contributed by atoms with E-state index in [9.17, 15) is 14.7 Å². The van der Waals surface area contributed by atoms with Gasteiger partial charge in [0.05, 0.1) is 24.2 Å². The Morgan fingerprint density at radius 1 is 1.19 bits per heavy atom. The van der Waals surface area contributed by atoms with Gasteiger partial charge >= 0.3 is 0 Å². The summed E-state index contributed by atoms with van der Waals surface area (Å²) in [4.78, 5) is 25.8. The lowest BCUT2D eigenvalue weighted by molar-refractivity contribution is 0.102. The van der Waals surface area contributed by atoms with Gasteiger partial charge in [0.15, 0.2) is 0 Å². The third kappa shape index (κ3) is 3.90. The molecule has 8 heteroatoms. The molecule has 168 valence electrons. The van der Waals surface area contributed by atoms with Crippen LogP contribution in [0.5, 0.6) is 5.75 Å². The smallest absolute Gasteiger partial charge is 0.274 e. The second kappa shape index (κ2) is 8.43. The van der Waals surface area contributed by atoms with Gasteiger partial charge in [0.1, 0.15) is 11.4 Å². The number of fused-ring (bicyclic) bond motifs is 1. The minimum absolute atomic E-state index is 0.185. The van der Waals surface area contributed by atoms with Crippen molar-refractivity contribution in [1.82, 2.24) is 14.3 Å². The number of aliphatic hydroxyl groups is 1. The van der Waals surface area contributed by atoms with Gasteiger partial charge in [-0.15, -0.1) is 0 Å². The van der Waals surface area contributed by atoms with Crippen LogP contribution in [-0.4, -0.2) is 39.1 Å². The van der Waals surface area contributed by atoms with Crippen molar-refractivity contribution in [1.29, 1.82) is 0 Å². The van der Waals surface area contributed by atoms with E-state index in [1.54, 1.807) is 35.0 Å². The zero-order chi connectivity index (χ0) is 22.2. The minimum Gasteiger partial charge on any atom is -0.496 e. The number of amides is 1. The maximum absolute atomic E-state index is 13.1. The fraction of sp³-hybridized carbons (Fsp3) is 0.458. The molecule has 2 N–H and O–H groups in total. The molecule has 2 heterocycles. The molecule has 2 saturated carbocycles. The number of hydrogen-bond acceptors (Lipinski definition) is 5. The molecule has 32 heavy (non-hydrogen) atoms. The fourth-order valence-corrected chi connectivity index (χ4v) is 4.63. The van der Waals surface area contributed by atoms with Crippen molar-refractivity contribution >= 4 is 22.5 Å². The quantitative estimate of drug-likeness (QED) is 0.616. The van der Waals surface area contributed by atoms with Crippen LogP contribution in [0.2, 0.25) is 0 Å². The van der Waals surface area contributed by atoms with Crippen molar-refractivity contribution in [3.8, 4) is 5.75 Å². The molecule has 2 aromatic heterocycles. The third-order valence-corrected chi connectivity index (χ3v) is 6.70. The second-order valence-corrected chi connectivity index (χ2v) is 8.90. The van der Waals surface area contributed by atoms with Crippen LogP contribution in [0.25, 0.3) is 10.9 Å². The molecule has 1 amide bonds. The molecule has 2 fully saturated rings. The van der Waals surface area contributed by atoms with Gasteiger partial charge in [-0.25, -0.2) is 0 Å². The molecule has 0 aliphatic heterocycles. The third-order valence-electron chi connectivity index (χ3n) is 6.70. The number of aliphatic hydroxyl groups excluding tert-OH is 1. The molecular weight excluding hydrogens is 408 g/mol. The SMILES string of the molecule is COc1cc2nn(C3CCC(CO)CC3)cc2cc1C(=O)Nc1cccn(C2CC2)c1=O. The van der Waals surface area contributed by atoms with E-state index >= 15 is 0 Å². The number of carbonyl (C=O) groups is 1. The molecule has 1 aromatic carbocycles. The number of pyridine rings is 1. The first-order valence-electron chi connectivity index (χ1n) is 11.3. The van der Waals surface area contributed by atoms with Crippen LogP contribution < -0.4 is 15.6 Å². The highest BCUT2D eigenvalue weighted by molar-refractivity contribution is 6.08. The van der Waals surface area contributed by atoms with E-state index in [2.05, 4.69) is 5.32 Å². The lowest BCUT2D eigenvalue weighted by Crippen LogP contribution is -2.25. The highest BCUT2D eigenvalue weighted by atomic mass is 16.5. The Morgan fingerprint density at radius 3 is 2.62 bits per heavy atom. The summed E-state index contributed by atoms with van der Waals surface area (Å²) in [6.07, 6.45) is 9.66. The van der Waals surface area contributed by atoms with Gasteiger partial charge < -0.3 is 19.7 Å². The van der Waals surface area contributed by atoms with E-state index in [1.165, 1.54) is 7.11 Å². The average Bonchev–Trinajstić information content (AvgIpc) is 3.57. The molecule has 2 aliphatic carbocycles. The average molecular weight is 437 g/mol. The number of nitrogens with one attached hydrogen (secondary N) is 1. The molecular formula is C24H28N4O4. The first kappa shape index (κ1) is 20.8. The molecule has 2 aliphatic rings.